The number of hydrogen-bond donors (Lipinski definition) is 3. The van der Waals surface area contributed by atoms with Gasteiger partial charge in [0.15, 0.2) is 5.78 Å². The lowest BCUT2D eigenvalue weighted by Gasteiger charge is -2.33. The van der Waals surface area contributed by atoms with Crippen LogP contribution in [-0.4, -0.2) is 50.9 Å². The SMILES string of the molecule is CC(C)CN1CCC(n2cc(C(=O)c3cccc(NC(=O)Nc4cc(Cl)cc(Cl)c4)c3)c3c(N)ncnc32)CC1. The number of urea groups is 1. The summed E-state index contributed by atoms with van der Waals surface area (Å²) in [6.45, 7) is 7.52. The molecule has 5 rings (SSSR count). The topological polar surface area (TPSA) is 118 Å². The highest BCUT2D eigenvalue weighted by atomic mass is 35.5. The van der Waals surface area contributed by atoms with Crippen molar-refractivity contribution in [2.45, 2.75) is 32.7 Å². The van der Waals surface area contributed by atoms with Gasteiger partial charge in [-0.25, -0.2) is 14.8 Å². The fourth-order valence-corrected chi connectivity index (χ4v) is 5.79. The summed E-state index contributed by atoms with van der Waals surface area (Å²) in [6, 6.07) is 11.2. The molecule has 0 aliphatic carbocycles. The van der Waals surface area contributed by atoms with E-state index in [0.29, 0.717) is 49.5 Å². The van der Waals surface area contributed by atoms with Crippen molar-refractivity contribution >= 4 is 63.2 Å². The fraction of sp³-hybridized carbons (Fsp3) is 0.310. The molecule has 2 amide bonds. The van der Waals surface area contributed by atoms with Gasteiger partial charge in [0.2, 0.25) is 0 Å². The van der Waals surface area contributed by atoms with Crippen LogP contribution in [0, 0.1) is 5.92 Å². The number of carbonyl (C=O) groups excluding carboxylic acids is 2. The maximum absolute atomic E-state index is 13.8. The van der Waals surface area contributed by atoms with Crippen LogP contribution in [0.4, 0.5) is 22.0 Å². The summed E-state index contributed by atoms with van der Waals surface area (Å²) in [5.74, 6) is 0.652. The van der Waals surface area contributed by atoms with Crippen molar-refractivity contribution in [2.24, 2.45) is 5.92 Å². The van der Waals surface area contributed by atoms with Crippen LogP contribution < -0.4 is 16.4 Å². The molecule has 1 aliphatic rings. The zero-order chi connectivity index (χ0) is 28.4. The first-order valence-corrected chi connectivity index (χ1v) is 14.0. The predicted molar refractivity (Wildman–Crippen MR) is 160 cm³/mol. The van der Waals surface area contributed by atoms with Crippen LogP contribution in [0.15, 0.2) is 55.0 Å². The summed E-state index contributed by atoms with van der Waals surface area (Å²) >= 11 is 12.0. The van der Waals surface area contributed by atoms with Gasteiger partial charge in [-0.1, -0.05) is 49.2 Å². The number of carbonyl (C=O) groups is 2. The maximum Gasteiger partial charge on any atom is 0.323 e. The number of likely N-dealkylation sites (tertiary alicyclic amines) is 1. The van der Waals surface area contributed by atoms with Gasteiger partial charge in [-0.05, 0) is 49.1 Å². The van der Waals surface area contributed by atoms with E-state index < -0.39 is 6.03 Å². The van der Waals surface area contributed by atoms with Crippen molar-refractivity contribution in [3.63, 3.8) is 0 Å². The van der Waals surface area contributed by atoms with Gasteiger partial charge in [0.25, 0.3) is 0 Å². The Labute approximate surface area is 242 Å². The van der Waals surface area contributed by atoms with Crippen molar-refractivity contribution in [3.8, 4) is 0 Å². The monoisotopic (exact) mass is 579 g/mol. The minimum absolute atomic E-state index is 0.207. The molecule has 2 aromatic heterocycles. The number of hydrogen-bond acceptors (Lipinski definition) is 6. The average molecular weight is 581 g/mol. The Balaban J connectivity index is 1.37. The smallest absolute Gasteiger partial charge is 0.323 e. The molecule has 0 spiro atoms. The van der Waals surface area contributed by atoms with Gasteiger partial charge in [-0.2, -0.15) is 0 Å². The Hall–Kier alpha value is -3.66. The van der Waals surface area contributed by atoms with Gasteiger partial charge in [-0.15, -0.1) is 0 Å². The van der Waals surface area contributed by atoms with E-state index >= 15 is 0 Å². The van der Waals surface area contributed by atoms with E-state index in [2.05, 4.69) is 43.9 Å². The summed E-state index contributed by atoms with van der Waals surface area (Å²) in [6.07, 6.45) is 5.21. The molecule has 1 fully saturated rings. The van der Waals surface area contributed by atoms with Crippen molar-refractivity contribution in [3.05, 3.63) is 76.2 Å². The number of amides is 2. The zero-order valence-electron chi connectivity index (χ0n) is 22.3. The number of anilines is 3. The highest BCUT2D eigenvalue weighted by Gasteiger charge is 2.27. The second-order valence-corrected chi connectivity index (χ2v) is 11.4. The van der Waals surface area contributed by atoms with Crippen molar-refractivity contribution in [1.29, 1.82) is 0 Å². The third-order valence-electron chi connectivity index (χ3n) is 6.96. The minimum atomic E-state index is -0.499. The van der Waals surface area contributed by atoms with E-state index in [-0.39, 0.29) is 17.6 Å². The van der Waals surface area contributed by atoms with E-state index in [0.717, 1.165) is 32.5 Å². The van der Waals surface area contributed by atoms with Crippen LogP contribution in [0.3, 0.4) is 0 Å². The number of nitrogen functional groups attached to an aromatic ring is 1. The Kier molecular flexibility index (Phi) is 8.25. The van der Waals surface area contributed by atoms with Crippen LogP contribution in [0.5, 0.6) is 0 Å². The highest BCUT2D eigenvalue weighted by molar-refractivity contribution is 6.35. The first-order valence-electron chi connectivity index (χ1n) is 13.2. The number of piperidine rings is 1. The average Bonchev–Trinajstić information content (AvgIpc) is 3.29. The number of fused-ring (bicyclic) bond motifs is 1. The number of benzene rings is 2. The molecule has 40 heavy (non-hydrogen) atoms. The molecule has 3 heterocycles. The molecule has 1 saturated heterocycles. The normalized spacial score (nSPS) is 14.5. The number of ketones is 1. The molecular weight excluding hydrogens is 549 g/mol. The second kappa shape index (κ2) is 11.8. The summed E-state index contributed by atoms with van der Waals surface area (Å²) in [7, 11) is 0. The molecule has 0 bridgehead atoms. The van der Waals surface area contributed by atoms with Crippen molar-refractivity contribution in [1.82, 2.24) is 19.4 Å². The van der Waals surface area contributed by atoms with E-state index in [1.807, 2.05) is 6.20 Å². The molecule has 208 valence electrons. The number of nitrogens with one attached hydrogen (secondary N) is 2. The number of halogens is 2. The highest BCUT2D eigenvalue weighted by Crippen LogP contribution is 2.33. The molecule has 4 aromatic rings. The van der Waals surface area contributed by atoms with Crippen LogP contribution in [0.25, 0.3) is 11.0 Å². The first-order chi connectivity index (χ1) is 19.2. The molecule has 4 N–H and O–H groups in total. The fourth-order valence-electron chi connectivity index (χ4n) is 5.27. The Bertz CT molecular complexity index is 1540. The van der Waals surface area contributed by atoms with E-state index in [1.54, 1.807) is 42.5 Å². The summed E-state index contributed by atoms with van der Waals surface area (Å²) in [5.41, 5.74) is 8.66. The lowest BCUT2D eigenvalue weighted by molar-refractivity contribution is 0.103. The number of nitrogens with zero attached hydrogens (tertiary/aromatic N) is 4. The standard InChI is InChI=1S/C29H31Cl2N7O2/c1-17(2)14-37-8-6-23(7-9-37)38-15-24(25-27(32)33-16-34-28(25)38)26(39)18-4-3-5-21(10-18)35-29(40)36-22-12-19(30)11-20(31)13-22/h3-5,10-13,15-17,23H,6-9,14H2,1-2H3,(H2,32,33,34)(H2,35,36,40). The van der Waals surface area contributed by atoms with Crippen LogP contribution in [0.2, 0.25) is 10.0 Å². The summed E-state index contributed by atoms with van der Waals surface area (Å²) < 4.78 is 2.08. The van der Waals surface area contributed by atoms with Gasteiger partial charge >= 0.3 is 6.03 Å². The first kappa shape index (κ1) is 27.9. The van der Waals surface area contributed by atoms with Gasteiger partial charge in [0, 0.05) is 58.9 Å². The maximum atomic E-state index is 13.8. The van der Waals surface area contributed by atoms with Gasteiger partial charge < -0.3 is 25.8 Å². The second-order valence-electron chi connectivity index (χ2n) is 10.5. The molecule has 0 radical (unpaired) electrons. The van der Waals surface area contributed by atoms with E-state index in [1.165, 1.54) is 6.33 Å². The molecule has 9 nitrogen and oxygen atoms in total. The van der Waals surface area contributed by atoms with E-state index in [4.69, 9.17) is 28.9 Å². The molecule has 11 heteroatoms. The number of nitrogens with two attached hydrogens (primary N) is 1. The Morgan fingerprint density at radius 2 is 1.73 bits per heavy atom. The molecule has 0 unspecified atom stereocenters. The quantitative estimate of drug-likeness (QED) is 0.215. The third-order valence-corrected chi connectivity index (χ3v) is 7.40. The van der Waals surface area contributed by atoms with Gasteiger partial charge in [-0.3, -0.25) is 4.79 Å². The van der Waals surface area contributed by atoms with Crippen molar-refractivity contribution < 1.29 is 9.59 Å². The summed E-state index contributed by atoms with van der Waals surface area (Å²) in [5, 5.41) is 6.80. The molecule has 0 saturated carbocycles. The van der Waals surface area contributed by atoms with Gasteiger partial charge in [0.05, 0.1) is 10.9 Å². The molecular formula is C29H31Cl2N7O2. The molecule has 2 aromatic carbocycles. The summed E-state index contributed by atoms with van der Waals surface area (Å²) in [4.78, 5) is 37.6. The number of aromatic nitrogens is 3. The van der Waals surface area contributed by atoms with Crippen LogP contribution in [-0.2, 0) is 0 Å². The minimum Gasteiger partial charge on any atom is -0.383 e. The third kappa shape index (κ3) is 6.22. The number of rotatable bonds is 7. The predicted octanol–water partition coefficient (Wildman–Crippen LogP) is 6.49. The Morgan fingerprint density at radius 3 is 2.42 bits per heavy atom. The van der Waals surface area contributed by atoms with E-state index in [9.17, 15) is 9.59 Å². The molecule has 1 aliphatic heterocycles. The Morgan fingerprint density at radius 1 is 1.02 bits per heavy atom. The van der Waals surface area contributed by atoms with Crippen LogP contribution in [0.1, 0.15) is 48.7 Å². The van der Waals surface area contributed by atoms with Crippen molar-refractivity contribution in [2.75, 3.05) is 36.0 Å². The zero-order valence-corrected chi connectivity index (χ0v) is 23.8. The molecule has 0 atom stereocenters. The lowest BCUT2D eigenvalue weighted by atomic mass is 10.0. The van der Waals surface area contributed by atoms with Crippen LogP contribution >= 0.6 is 23.2 Å². The largest absolute Gasteiger partial charge is 0.383 e. The van der Waals surface area contributed by atoms with Gasteiger partial charge in [0.1, 0.15) is 17.8 Å². The lowest BCUT2D eigenvalue weighted by Crippen LogP contribution is -2.36.